The molecule has 0 atom stereocenters. The first-order valence-corrected chi connectivity index (χ1v) is 10.1. The van der Waals surface area contributed by atoms with Gasteiger partial charge in [-0.3, -0.25) is 0 Å². The van der Waals surface area contributed by atoms with Crippen LogP contribution in [-0.4, -0.2) is 75.7 Å². The lowest BCUT2D eigenvalue weighted by Crippen LogP contribution is -2.15. The third-order valence-corrected chi connectivity index (χ3v) is 4.29. The zero-order valence-electron chi connectivity index (χ0n) is 17.5. The summed E-state index contributed by atoms with van der Waals surface area (Å²) in [6.07, 6.45) is 2.61. The Bertz CT molecular complexity index is 832. The summed E-state index contributed by atoms with van der Waals surface area (Å²) >= 11 is 0. The van der Waals surface area contributed by atoms with Crippen molar-refractivity contribution in [3.05, 3.63) is 47.5 Å². The van der Waals surface area contributed by atoms with Crippen LogP contribution >= 0.6 is 0 Å². The average molecular weight is 446 g/mol. The van der Waals surface area contributed by atoms with Gasteiger partial charge in [-0.1, -0.05) is 10.3 Å². The Kier molecular flexibility index (Phi) is 9.43. The minimum absolute atomic E-state index is 0.295. The molecule has 0 spiro atoms. The van der Waals surface area contributed by atoms with E-state index in [9.17, 15) is 0 Å². The Morgan fingerprint density at radius 2 is 0.906 bits per heavy atom. The van der Waals surface area contributed by atoms with E-state index < -0.39 is 0 Å². The summed E-state index contributed by atoms with van der Waals surface area (Å²) < 4.78 is 34.3. The van der Waals surface area contributed by atoms with E-state index >= 15 is 0 Å². The van der Waals surface area contributed by atoms with E-state index in [0.717, 1.165) is 0 Å². The van der Waals surface area contributed by atoms with Crippen molar-refractivity contribution in [3.8, 4) is 23.0 Å². The van der Waals surface area contributed by atoms with Crippen LogP contribution in [0.5, 0.6) is 23.0 Å². The van der Waals surface area contributed by atoms with Gasteiger partial charge in [0, 0.05) is 11.1 Å². The Hall–Kier alpha value is -3.50. The summed E-state index contributed by atoms with van der Waals surface area (Å²) in [6.45, 7) is 2.64. The number of fused-ring (bicyclic) bond motifs is 2. The third kappa shape index (κ3) is 7.33. The molecule has 0 unspecified atom stereocenters. The van der Waals surface area contributed by atoms with Crippen molar-refractivity contribution in [1.82, 2.24) is 0 Å². The van der Waals surface area contributed by atoms with Crippen LogP contribution in [-0.2, 0) is 9.47 Å². The molecule has 2 N–H and O–H groups in total. The molecule has 0 amide bonds. The first-order valence-electron chi connectivity index (χ1n) is 10.1. The van der Waals surface area contributed by atoms with E-state index in [0.29, 0.717) is 87.0 Å². The van der Waals surface area contributed by atoms with Gasteiger partial charge in [-0.25, -0.2) is 0 Å². The zero-order chi connectivity index (χ0) is 22.4. The second kappa shape index (κ2) is 13.0. The minimum Gasteiger partial charge on any atom is -0.487 e. The Labute approximate surface area is 185 Å². The molecule has 1 heterocycles. The number of hydrogen-bond donors (Lipinski definition) is 2. The van der Waals surface area contributed by atoms with Gasteiger partial charge in [0.2, 0.25) is 0 Å². The predicted octanol–water partition coefficient (Wildman–Crippen LogP) is 2.57. The standard InChI is InChI=1S/C22H26N2O8/c25-23-15-17-1-3-19-21(13-17)31-11-7-28-8-12-32-22-14-18(16-24-26)2-4-20(22)30-10-6-27-5-9-29-19/h1-4,13-16,25-26H,5-12H2/b23-15-,24-16+. The van der Waals surface area contributed by atoms with Crippen molar-refractivity contribution in [2.75, 3.05) is 52.9 Å². The van der Waals surface area contributed by atoms with Crippen LogP contribution < -0.4 is 18.9 Å². The van der Waals surface area contributed by atoms with Crippen LogP contribution in [0.2, 0.25) is 0 Å². The highest BCUT2D eigenvalue weighted by Gasteiger charge is 2.09. The number of ether oxygens (including phenoxy) is 6. The molecule has 0 saturated heterocycles. The van der Waals surface area contributed by atoms with Gasteiger partial charge in [0.25, 0.3) is 0 Å². The molecule has 0 radical (unpaired) electrons. The Balaban J connectivity index is 1.63. The summed E-state index contributed by atoms with van der Waals surface area (Å²) in [5.41, 5.74) is 1.34. The first kappa shape index (κ1) is 23.2. The molecule has 2 aromatic rings. The van der Waals surface area contributed by atoms with Gasteiger partial charge in [0.15, 0.2) is 23.0 Å². The number of benzene rings is 2. The normalized spacial score (nSPS) is 16.5. The summed E-state index contributed by atoms with van der Waals surface area (Å²) in [6, 6.07) is 10.4. The largest absolute Gasteiger partial charge is 0.487 e. The lowest BCUT2D eigenvalue weighted by Gasteiger charge is -2.16. The van der Waals surface area contributed by atoms with E-state index in [1.54, 1.807) is 36.4 Å². The van der Waals surface area contributed by atoms with Crippen LogP contribution in [0.25, 0.3) is 0 Å². The monoisotopic (exact) mass is 446 g/mol. The van der Waals surface area contributed by atoms with Gasteiger partial charge in [-0.15, -0.1) is 0 Å². The number of oxime groups is 2. The molecule has 0 fully saturated rings. The molecule has 10 heteroatoms. The Morgan fingerprint density at radius 1 is 0.531 bits per heavy atom. The summed E-state index contributed by atoms with van der Waals surface area (Å²) in [7, 11) is 0. The minimum atomic E-state index is 0.295. The van der Waals surface area contributed by atoms with Crippen molar-refractivity contribution in [1.29, 1.82) is 0 Å². The van der Waals surface area contributed by atoms with E-state index in [4.69, 9.17) is 38.8 Å². The lowest BCUT2D eigenvalue weighted by atomic mass is 10.2. The van der Waals surface area contributed by atoms with Gasteiger partial charge in [0.05, 0.1) is 38.9 Å². The van der Waals surface area contributed by atoms with Gasteiger partial charge in [0.1, 0.15) is 26.4 Å². The fourth-order valence-electron chi connectivity index (χ4n) is 2.85. The van der Waals surface area contributed by atoms with Crippen molar-refractivity contribution >= 4 is 12.4 Å². The molecule has 3 rings (SSSR count). The maximum Gasteiger partial charge on any atom is 0.161 e. The highest BCUT2D eigenvalue weighted by molar-refractivity contribution is 5.80. The summed E-state index contributed by atoms with van der Waals surface area (Å²) in [5.74, 6) is 2.14. The molecule has 0 bridgehead atoms. The molecule has 1 aliphatic heterocycles. The van der Waals surface area contributed by atoms with Gasteiger partial charge in [-0.2, -0.15) is 0 Å². The second-order valence-corrected chi connectivity index (χ2v) is 6.52. The van der Waals surface area contributed by atoms with Crippen molar-refractivity contribution < 1.29 is 38.8 Å². The fraction of sp³-hybridized carbons (Fsp3) is 0.364. The summed E-state index contributed by atoms with van der Waals surface area (Å²) in [4.78, 5) is 0. The topological polar surface area (TPSA) is 121 Å². The van der Waals surface area contributed by atoms with E-state index in [1.807, 2.05) is 0 Å². The van der Waals surface area contributed by atoms with Crippen LogP contribution in [0.4, 0.5) is 0 Å². The van der Waals surface area contributed by atoms with Crippen LogP contribution in [0.3, 0.4) is 0 Å². The van der Waals surface area contributed by atoms with Crippen LogP contribution in [0.1, 0.15) is 11.1 Å². The van der Waals surface area contributed by atoms with Gasteiger partial charge >= 0.3 is 0 Å². The number of nitrogens with zero attached hydrogens (tertiary/aromatic N) is 2. The Morgan fingerprint density at radius 3 is 1.28 bits per heavy atom. The quantitative estimate of drug-likeness (QED) is 0.410. The van der Waals surface area contributed by atoms with E-state index in [-0.39, 0.29) is 0 Å². The fourth-order valence-corrected chi connectivity index (χ4v) is 2.85. The molecule has 0 aromatic heterocycles. The van der Waals surface area contributed by atoms with Crippen LogP contribution in [0, 0.1) is 0 Å². The lowest BCUT2D eigenvalue weighted by molar-refractivity contribution is 0.0640. The smallest absolute Gasteiger partial charge is 0.161 e. The highest BCUT2D eigenvalue weighted by Crippen LogP contribution is 2.29. The molecule has 0 aliphatic carbocycles. The molecule has 1 aliphatic rings. The average Bonchev–Trinajstić information content (AvgIpc) is 2.80. The van der Waals surface area contributed by atoms with Crippen molar-refractivity contribution in [2.45, 2.75) is 0 Å². The molecular weight excluding hydrogens is 420 g/mol. The molecular formula is C22H26N2O8. The molecule has 0 saturated carbocycles. The molecule has 32 heavy (non-hydrogen) atoms. The predicted molar refractivity (Wildman–Crippen MR) is 115 cm³/mol. The number of hydrogen-bond acceptors (Lipinski definition) is 10. The van der Waals surface area contributed by atoms with E-state index in [1.165, 1.54) is 12.4 Å². The molecule has 10 nitrogen and oxygen atoms in total. The third-order valence-electron chi connectivity index (χ3n) is 4.29. The molecule has 172 valence electrons. The summed E-state index contributed by atoms with van der Waals surface area (Å²) in [5, 5.41) is 23.6. The SMILES string of the molecule is O/N=C\c1ccc2c(c1)OCCOCCOc1cc(/C=N/O)ccc1OCCOCCO2. The number of rotatable bonds is 2. The zero-order valence-corrected chi connectivity index (χ0v) is 17.5. The van der Waals surface area contributed by atoms with Crippen molar-refractivity contribution in [2.24, 2.45) is 10.3 Å². The molecule has 2 aromatic carbocycles. The second-order valence-electron chi connectivity index (χ2n) is 6.52. The maximum atomic E-state index is 8.75. The van der Waals surface area contributed by atoms with E-state index in [2.05, 4.69) is 10.3 Å². The first-order chi connectivity index (χ1) is 15.8. The highest BCUT2D eigenvalue weighted by atomic mass is 16.6. The van der Waals surface area contributed by atoms with Gasteiger partial charge < -0.3 is 38.8 Å². The maximum absolute atomic E-state index is 8.75. The van der Waals surface area contributed by atoms with Crippen LogP contribution in [0.15, 0.2) is 46.7 Å². The van der Waals surface area contributed by atoms with Crippen molar-refractivity contribution in [3.63, 3.8) is 0 Å². The van der Waals surface area contributed by atoms with Gasteiger partial charge in [-0.05, 0) is 36.4 Å².